The Hall–Kier alpha value is -1.17. The van der Waals surface area contributed by atoms with E-state index in [9.17, 15) is 9.90 Å². The van der Waals surface area contributed by atoms with Crippen LogP contribution in [-0.2, 0) is 0 Å². The predicted octanol–water partition coefficient (Wildman–Crippen LogP) is 0.777. The van der Waals surface area contributed by atoms with Crippen LogP contribution in [0.4, 0.5) is 0 Å². The summed E-state index contributed by atoms with van der Waals surface area (Å²) in [6.07, 6.45) is 2.92. The van der Waals surface area contributed by atoms with Gasteiger partial charge in [0.05, 0.1) is 16.2 Å². The van der Waals surface area contributed by atoms with Gasteiger partial charge in [-0.25, -0.2) is 0 Å². The molecule has 0 saturated carbocycles. The number of carbonyl (C=O) groups excluding carboxylic acids is 1. The minimum atomic E-state index is -0.992. The van der Waals surface area contributed by atoms with E-state index in [-0.39, 0.29) is 12.5 Å². The van der Waals surface area contributed by atoms with E-state index >= 15 is 0 Å². The first-order valence-electron chi connectivity index (χ1n) is 5.57. The fourth-order valence-electron chi connectivity index (χ4n) is 1.65. The average molecular weight is 272 g/mol. The molecule has 100 valence electrons. The zero-order valence-corrected chi connectivity index (χ0v) is 11.5. The van der Waals surface area contributed by atoms with Crippen molar-refractivity contribution in [2.75, 3.05) is 27.2 Å². The summed E-state index contributed by atoms with van der Waals surface area (Å²) < 4.78 is 0. The molecule has 1 unspecified atom stereocenters. The van der Waals surface area contributed by atoms with Crippen molar-refractivity contribution in [1.82, 2.24) is 15.2 Å². The molecule has 0 fully saturated rings. The minimum absolute atomic E-state index is 0.148. The lowest BCUT2D eigenvalue weighted by atomic mass is 10.1. The highest BCUT2D eigenvalue weighted by Crippen LogP contribution is 2.13. The molecule has 5 nitrogen and oxygen atoms in total. The highest BCUT2D eigenvalue weighted by Gasteiger charge is 2.22. The molecule has 18 heavy (non-hydrogen) atoms. The van der Waals surface area contributed by atoms with Gasteiger partial charge in [-0.3, -0.25) is 9.78 Å². The van der Waals surface area contributed by atoms with Crippen molar-refractivity contribution in [3.05, 3.63) is 29.0 Å². The number of likely N-dealkylation sites (N-methyl/N-ethyl adjacent to an activating group) is 1. The van der Waals surface area contributed by atoms with Crippen molar-refractivity contribution < 1.29 is 9.90 Å². The van der Waals surface area contributed by atoms with Crippen LogP contribution in [0.1, 0.15) is 17.3 Å². The molecule has 0 radical (unpaired) electrons. The number of aromatic nitrogens is 1. The molecule has 0 bridgehead atoms. The zero-order chi connectivity index (χ0) is 13.8. The van der Waals surface area contributed by atoms with Crippen molar-refractivity contribution in [3.8, 4) is 0 Å². The van der Waals surface area contributed by atoms with E-state index in [2.05, 4.69) is 10.3 Å². The summed E-state index contributed by atoms with van der Waals surface area (Å²) in [7, 11) is 3.71. The maximum atomic E-state index is 11.8. The number of rotatable bonds is 5. The largest absolute Gasteiger partial charge is 0.387 e. The summed E-state index contributed by atoms with van der Waals surface area (Å²) in [5.41, 5.74) is -0.687. The monoisotopic (exact) mass is 271 g/mol. The molecule has 0 aliphatic heterocycles. The van der Waals surface area contributed by atoms with Gasteiger partial charge in [0.15, 0.2) is 0 Å². The third kappa shape index (κ3) is 4.60. The summed E-state index contributed by atoms with van der Waals surface area (Å²) in [6.45, 7) is 2.27. The Morgan fingerprint density at radius 3 is 2.83 bits per heavy atom. The summed E-state index contributed by atoms with van der Waals surface area (Å²) in [6, 6.07) is 1.55. The quantitative estimate of drug-likeness (QED) is 0.831. The molecule has 1 heterocycles. The molecule has 1 rings (SSSR count). The number of amides is 1. The van der Waals surface area contributed by atoms with Crippen molar-refractivity contribution in [2.45, 2.75) is 12.5 Å². The van der Waals surface area contributed by atoms with E-state index in [1.165, 1.54) is 12.4 Å². The van der Waals surface area contributed by atoms with Crippen molar-refractivity contribution in [3.63, 3.8) is 0 Å². The molecule has 1 aromatic rings. The second kappa shape index (κ2) is 6.13. The fraction of sp³-hybridized carbons (Fsp3) is 0.500. The third-order valence-corrected chi connectivity index (χ3v) is 2.63. The van der Waals surface area contributed by atoms with Gasteiger partial charge in [0.1, 0.15) is 0 Å². The molecular formula is C12H18ClN3O2. The van der Waals surface area contributed by atoms with Gasteiger partial charge >= 0.3 is 0 Å². The van der Waals surface area contributed by atoms with Crippen LogP contribution in [0.5, 0.6) is 0 Å². The normalized spacial score (nSPS) is 14.3. The van der Waals surface area contributed by atoms with Crippen LogP contribution in [0.3, 0.4) is 0 Å². The van der Waals surface area contributed by atoms with Crippen molar-refractivity contribution >= 4 is 17.5 Å². The Morgan fingerprint density at radius 1 is 1.61 bits per heavy atom. The van der Waals surface area contributed by atoms with E-state index < -0.39 is 5.60 Å². The van der Waals surface area contributed by atoms with E-state index in [1.54, 1.807) is 13.0 Å². The topological polar surface area (TPSA) is 65.5 Å². The second-order valence-corrected chi connectivity index (χ2v) is 5.18. The smallest absolute Gasteiger partial charge is 0.254 e. The first-order chi connectivity index (χ1) is 8.32. The number of nitrogens with zero attached hydrogens (tertiary/aromatic N) is 2. The molecule has 1 amide bonds. The Morgan fingerprint density at radius 2 is 2.28 bits per heavy atom. The van der Waals surface area contributed by atoms with E-state index in [4.69, 9.17) is 11.6 Å². The maximum absolute atomic E-state index is 11.8. The molecule has 1 atom stereocenters. The number of pyridine rings is 1. The van der Waals surface area contributed by atoms with Gasteiger partial charge in [0.2, 0.25) is 0 Å². The van der Waals surface area contributed by atoms with Gasteiger partial charge in [-0.05, 0) is 27.1 Å². The first-order valence-corrected chi connectivity index (χ1v) is 5.94. The van der Waals surface area contributed by atoms with Crippen LogP contribution >= 0.6 is 11.6 Å². The van der Waals surface area contributed by atoms with Crippen LogP contribution in [0.15, 0.2) is 18.5 Å². The molecule has 2 N–H and O–H groups in total. The summed E-state index contributed by atoms with van der Waals surface area (Å²) in [5, 5.41) is 13.0. The van der Waals surface area contributed by atoms with Crippen LogP contribution in [0.2, 0.25) is 5.02 Å². The zero-order valence-electron chi connectivity index (χ0n) is 10.8. The first kappa shape index (κ1) is 14.9. The highest BCUT2D eigenvalue weighted by molar-refractivity contribution is 6.33. The number of nitrogens with one attached hydrogen (secondary N) is 1. The Bertz CT molecular complexity index is 422. The lowest BCUT2D eigenvalue weighted by molar-refractivity contribution is 0.0326. The Labute approximate surface area is 112 Å². The number of carbonyl (C=O) groups is 1. The fourth-order valence-corrected chi connectivity index (χ4v) is 1.84. The molecular weight excluding hydrogens is 254 g/mol. The average Bonchev–Trinajstić information content (AvgIpc) is 2.25. The van der Waals surface area contributed by atoms with Crippen molar-refractivity contribution in [1.29, 1.82) is 0 Å². The van der Waals surface area contributed by atoms with Gasteiger partial charge in [0, 0.05) is 25.5 Å². The SMILES string of the molecule is CN(C)CC(C)(O)CNC(=O)c1cnccc1Cl. The van der Waals surface area contributed by atoms with Crippen molar-refractivity contribution in [2.24, 2.45) is 0 Å². The van der Waals surface area contributed by atoms with Gasteiger partial charge in [-0.1, -0.05) is 11.6 Å². The van der Waals surface area contributed by atoms with Gasteiger partial charge < -0.3 is 15.3 Å². The van der Waals surface area contributed by atoms with E-state index in [0.29, 0.717) is 17.1 Å². The van der Waals surface area contributed by atoms with E-state index in [1.807, 2.05) is 19.0 Å². The standard InChI is InChI=1S/C12H18ClN3O2/c1-12(18,8-16(2)3)7-15-11(17)9-6-14-5-4-10(9)13/h4-6,18H,7-8H2,1-3H3,(H,15,17). The molecule has 6 heteroatoms. The minimum Gasteiger partial charge on any atom is -0.387 e. The van der Waals surface area contributed by atoms with Crippen LogP contribution in [0.25, 0.3) is 0 Å². The van der Waals surface area contributed by atoms with Crippen LogP contribution in [-0.4, -0.2) is 53.7 Å². The second-order valence-electron chi connectivity index (χ2n) is 4.77. The van der Waals surface area contributed by atoms with Gasteiger partial charge in [0.25, 0.3) is 5.91 Å². The number of hydrogen-bond donors (Lipinski definition) is 2. The summed E-state index contributed by atoms with van der Waals surface area (Å²) in [5.74, 6) is -0.341. The number of aliphatic hydroxyl groups is 1. The number of hydrogen-bond acceptors (Lipinski definition) is 4. The maximum Gasteiger partial charge on any atom is 0.254 e. The Balaban J connectivity index is 2.59. The Kier molecular flexibility index (Phi) is 5.07. The van der Waals surface area contributed by atoms with E-state index in [0.717, 1.165) is 0 Å². The van der Waals surface area contributed by atoms with Crippen LogP contribution in [0, 0.1) is 0 Å². The number of halogens is 1. The lowest BCUT2D eigenvalue weighted by Crippen LogP contribution is -2.47. The lowest BCUT2D eigenvalue weighted by Gasteiger charge is -2.27. The highest BCUT2D eigenvalue weighted by atomic mass is 35.5. The molecule has 0 aromatic carbocycles. The predicted molar refractivity (Wildman–Crippen MR) is 70.8 cm³/mol. The summed E-state index contributed by atoms with van der Waals surface area (Å²) >= 11 is 5.88. The third-order valence-electron chi connectivity index (χ3n) is 2.30. The molecule has 0 aliphatic carbocycles. The molecule has 0 aliphatic rings. The van der Waals surface area contributed by atoms with Gasteiger partial charge in [-0.15, -0.1) is 0 Å². The summed E-state index contributed by atoms with van der Waals surface area (Å²) in [4.78, 5) is 17.5. The molecule has 0 saturated heterocycles. The van der Waals surface area contributed by atoms with Gasteiger partial charge in [-0.2, -0.15) is 0 Å². The van der Waals surface area contributed by atoms with Crippen LogP contribution < -0.4 is 5.32 Å². The molecule has 0 spiro atoms. The molecule has 1 aromatic heterocycles.